The molecule has 114 valence electrons. The lowest BCUT2D eigenvalue weighted by Crippen LogP contribution is -2.51. The van der Waals surface area contributed by atoms with Crippen molar-refractivity contribution in [2.45, 2.75) is 77.4 Å². The molecule has 2 atom stereocenters. The zero-order chi connectivity index (χ0) is 14.5. The van der Waals surface area contributed by atoms with Gasteiger partial charge in [-0.15, -0.1) is 0 Å². The van der Waals surface area contributed by atoms with Crippen LogP contribution in [0.2, 0.25) is 0 Å². The minimum atomic E-state index is -0.0855. The first kappa shape index (κ1) is 16.9. The molecule has 0 aromatic rings. The predicted molar refractivity (Wildman–Crippen MR) is 82.4 cm³/mol. The highest BCUT2D eigenvalue weighted by molar-refractivity contribution is 4.88. The van der Waals surface area contributed by atoms with Gasteiger partial charge in [-0.3, -0.25) is 0 Å². The lowest BCUT2D eigenvalue weighted by atomic mass is 9.90. The van der Waals surface area contributed by atoms with Crippen molar-refractivity contribution in [2.24, 2.45) is 5.92 Å². The molecule has 0 amide bonds. The molecule has 1 fully saturated rings. The number of aliphatic hydroxyl groups is 1. The fraction of sp³-hybridized carbons (Fsp3) is 1.00. The fourth-order valence-corrected chi connectivity index (χ4v) is 3.01. The molecule has 3 nitrogen and oxygen atoms in total. The van der Waals surface area contributed by atoms with Gasteiger partial charge in [-0.05, 0) is 58.5 Å². The monoisotopic (exact) mass is 270 g/mol. The molecule has 19 heavy (non-hydrogen) atoms. The zero-order valence-electron chi connectivity index (χ0n) is 13.6. The lowest BCUT2D eigenvalue weighted by Gasteiger charge is -2.35. The van der Waals surface area contributed by atoms with Crippen molar-refractivity contribution in [1.29, 1.82) is 0 Å². The summed E-state index contributed by atoms with van der Waals surface area (Å²) in [4.78, 5) is 2.49. The van der Waals surface area contributed by atoms with Crippen LogP contribution in [0, 0.1) is 5.92 Å². The van der Waals surface area contributed by atoms with E-state index in [-0.39, 0.29) is 12.1 Å². The minimum absolute atomic E-state index is 0.0855. The highest BCUT2D eigenvalue weighted by Gasteiger charge is 2.31. The average Bonchev–Trinajstić information content (AvgIpc) is 3.20. The quantitative estimate of drug-likeness (QED) is 0.640. The van der Waals surface area contributed by atoms with Crippen LogP contribution >= 0.6 is 0 Å². The number of aliphatic hydroxyl groups excluding tert-OH is 1. The van der Waals surface area contributed by atoms with Gasteiger partial charge in [-0.2, -0.15) is 0 Å². The van der Waals surface area contributed by atoms with Crippen LogP contribution in [-0.2, 0) is 0 Å². The topological polar surface area (TPSA) is 35.5 Å². The normalized spacial score (nSPS) is 20.8. The third-order valence-electron chi connectivity index (χ3n) is 4.74. The summed E-state index contributed by atoms with van der Waals surface area (Å²) in [7, 11) is 2.24. The van der Waals surface area contributed by atoms with Gasteiger partial charge in [-0.25, -0.2) is 0 Å². The number of hydrogen-bond donors (Lipinski definition) is 2. The number of hydrogen-bond acceptors (Lipinski definition) is 3. The molecule has 0 saturated heterocycles. The van der Waals surface area contributed by atoms with Gasteiger partial charge in [0.25, 0.3) is 0 Å². The van der Waals surface area contributed by atoms with Crippen LogP contribution in [0.1, 0.15) is 59.8 Å². The molecule has 1 aliphatic rings. The summed E-state index contributed by atoms with van der Waals surface area (Å²) in [5, 5.41) is 13.3. The molecule has 3 heteroatoms. The van der Waals surface area contributed by atoms with Gasteiger partial charge in [0.05, 0.1) is 6.61 Å². The van der Waals surface area contributed by atoms with Gasteiger partial charge in [-0.1, -0.05) is 20.8 Å². The third kappa shape index (κ3) is 5.41. The summed E-state index contributed by atoms with van der Waals surface area (Å²) in [5.41, 5.74) is -0.0855. The number of nitrogens with one attached hydrogen (secondary N) is 1. The van der Waals surface area contributed by atoms with Gasteiger partial charge >= 0.3 is 0 Å². The molecule has 0 aliphatic heterocycles. The molecule has 2 N–H and O–H groups in total. The number of nitrogens with zero attached hydrogens (tertiary/aromatic N) is 1. The Kier molecular flexibility index (Phi) is 6.78. The highest BCUT2D eigenvalue weighted by Crippen LogP contribution is 2.34. The first-order chi connectivity index (χ1) is 8.94. The van der Waals surface area contributed by atoms with Crippen LogP contribution in [0.3, 0.4) is 0 Å². The van der Waals surface area contributed by atoms with Gasteiger partial charge in [0, 0.05) is 17.6 Å². The second-order valence-electron chi connectivity index (χ2n) is 6.75. The Balaban J connectivity index is 2.34. The van der Waals surface area contributed by atoms with Crippen molar-refractivity contribution < 1.29 is 5.11 Å². The standard InChI is InChI=1S/C16H34N2O/c1-6-16(12-19,17-13(2)3)10-7-11-18(5)14(4)15-8-9-15/h13-15,17,19H,6-12H2,1-5H3. The van der Waals surface area contributed by atoms with Crippen LogP contribution in [0.5, 0.6) is 0 Å². The maximum atomic E-state index is 9.72. The maximum absolute atomic E-state index is 9.72. The van der Waals surface area contributed by atoms with Crippen molar-refractivity contribution in [3.63, 3.8) is 0 Å². The Hall–Kier alpha value is -0.120. The Morgan fingerprint density at radius 1 is 1.32 bits per heavy atom. The van der Waals surface area contributed by atoms with Gasteiger partial charge in [0.1, 0.15) is 0 Å². The van der Waals surface area contributed by atoms with Crippen LogP contribution in [0.15, 0.2) is 0 Å². The lowest BCUT2D eigenvalue weighted by molar-refractivity contribution is 0.128. The highest BCUT2D eigenvalue weighted by atomic mass is 16.3. The smallest absolute Gasteiger partial charge is 0.0613 e. The van der Waals surface area contributed by atoms with E-state index in [0.29, 0.717) is 6.04 Å². The largest absolute Gasteiger partial charge is 0.394 e. The van der Waals surface area contributed by atoms with E-state index < -0.39 is 0 Å². The second kappa shape index (κ2) is 7.61. The molecular weight excluding hydrogens is 236 g/mol. The van der Waals surface area contributed by atoms with E-state index in [1.807, 2.05) is 0 Å². The summed E-state index contributed by atoms with van der Waals surface area (Å²) in [6.07, 6.45) is 6.02. The summed E-state index contributed by atoms with van der Waals surface area (Å²) in [6, 6.07) is 1.15. The number of rotatable bonds is 10. The van der Waals surface area contributed by atoms with Crippen molar-refractivity contribution >= 4 is 0 Å². The van der Waals surface area contributed by atoms with Crippen LogP contribution in [-0.4, -0.2) is 47.8 Å². The molecule has 0 radical (unpaired) electrons. The third-order valence-corrected chi connectivity index (χ3v) is 4.74. The van der Waals surface area contributed by atoms with Gasteiger partial charge < -0.3 is 15.3 Å². The average molecular weight is 270 g/mol. The second-order valence-corrected chi connectivity index (χ2v) is 6.75. The Morgan fingerprint density at radius 3 is 2.37 bits per heavy atom. The Morgan fingerprint density at radius 2 is 1.95 bits per heavy atom. The van der Waals surface area contributed by atoms with Gasteiger partial charge in [0.2, 0.25) is 0 Å². The zero-order valence-corrected chi connectivity index (χ0v) is 13.6. The molecule has 1 saturated carbocycles. The van der Waals surface area contributed by atoms with Crippen molar-refractivity contribution in [1.82, 2.24) is 10.2 Å². The fourth-order valence-electron chi connectivity index (χ4n) is 3.01. The van der Waals surface area contributed by atoms with Crippen molar-refractivity contribution in [3.8, 4) is 0 Å². The molecular formula is C16H34N2O. The van der Waals surface area contributed by atoms with E-state index in [0.717, 1.165) is 37.8 Å². The molecule has 1 rings (SSSR count). The molecule has 0 aromatic heterocycles. The van der Waals surface area contributed by atoms with Crippen LogP contribution < -0.4 is 5.32 Å². The van der Waals surface area contributed by atoms with Gasteiger partial charge in [0.15, 0.2) is 0 Å². The first-order valence-corrected chi connectivity index (χ1v) is 8.03. The summed E-state index contributed by atoms with van der Waals surface area (Å²) >= 11 is 0. The Bertz CT molecular complexity index is 247. The predicted octanol–water partition coefficient (Wildman–Crippen LogP) is 2.64. The summed E-state index contributed by atoms with van der Waals surface area (Å²) in [5.74, 6) is 0.938. The molecule has 0 spiro atoms. The van der Waals surface area contributed by atoms with Crippen molar-refractivity contribution in [2.75, 3.05) is 20.2 Å². The molecule has 1 aliphatic carbocycles. The van der Waals surface area contributed by atoms with E-state index in [4.69, 9.17) is 0 Å². The first-order valence-electron chi connectivity index (χ1n) is 8.03. The van der Waals surface area contributed by atoms with E-state index in [1.54, 1.807) is 0 Å². The molecule has 0 aromatic carbocycles. The SMILES string of the molecule is CCC(CO)(CCCN(C)C(C)C1CC1)NC(C)C. The molecule has 2 unspecified atom stereocenters. The maximum Gasteiger partial charge on any atom is 0.0613 e. The Labute approximate surface area is 119 Å². The van der Waals surface area contributed by atoms with Crippen LogP contribution in [0.25, 0.3) is 0 Å². The summed E-state index contributed by atoms with van der Waals surface area (Å²) in [6.45, 7) is 10.2. The van der Waals surface area contributed by atoms with E-state index >= 15 is 0 Å². The van der Waals surface area contributed by atoms with Crippen molar-refractivity contribution in [3.05, 3.63) is 0 Å². The summed E-state index contributed by atoms with van der Waals surface area (Å²) < 4.78 is 0. The molecule has 0 bridgehead atoms. The minimum Gasteiger partial charge on any atom is -0.394 e. The van der Waals surface area contributed by atoms with E-state index in [1.165, 1.54) is 12.8 Å². The molecule has 0 heterocycles. The van der Waals surface area contributed by atoms with Crippen LogP contribution in [0.4, 0.5) is 0 Å². The van der Waals surface area contributed by atoms with E-state index in [9.17, 15) is 5.11 Å². The van der Waals surface area contributed by atoms with E-state index in [2.05, 4.69) is 45.0 Å².